The van der Waals surface area contributed by atoms with Crippen molar-refractivity contribution in [3.63, 3.8) is 0 Å². The van der Waals surface area contributed by atoms with E-state index < -0.39 is 15.3 Å². The van der Waals surface area contributed by atoms with Crippen LogP contribution in [0.15, 0.2) is 82.8 Å². The highest BCUT2D eigenvalue weighted by Crippen LogP contribution is 2.31. The second kappa shape index (κ2) is 8.14. The summed E-state index contributed by atoms with van der Waals surface area (Å²) >= 11 is 1.33. The van der Waals surface area contributed by atoms with Crippen molar-refractivity contribution in [2.45, 2.75) is 22.2 Å². The van der Waals surface area contributed by atoms with E-state index in [2.05, 4.69) is 5.32 Å². The fourth-order valence-corrected chi connectivity index (χ4v) is 5.01. The molecule has 0 spiro atoms. The number of primary sulfonamides is 1. The zero-order valence-corrected chi connectivity index (χ0v) is 19.1. The van der Waals surface area contributed by atoms with Crippen LogP contribution in [-0.2, 0) is 14.8 Å². The smallest absolute Gasteiger partial charge is 0.238 e. The molecule has 0 bridgehead atoms. The third-order valence-corrected chi connectivity index (χ3v) is 7.20. The van der Waals surface area contributed by atoms with Crippen LogP contribution < -0.4 is 10.5 Å². The van der Waals surface area contributed by atoms with Gasteiger partial charge >= 0.3 is 0 Å². The number of anilines is 1. The number of hydrogen-bond donors (Lipinski definition) is 2. The zero-order chi connectivity index (χ0) is 23.2. The Kier molecular flexibility index (Phi) is 5.28. The SMILES string of the molecule is C[C@H](Sc1nc2ccccc2c2nc3ccccc3n12)C(=O)Nc1ccc(S(N)(=O)=O)cc1. The van der Waals surface area contributed by atoms with Crippen molar-refractivity contribution in [3.8, 4) is 0 Å². The summed E-state index contributed by atoms with van der Waals surface area (Å²) < 4.78 is 24.8. The molecular formula is C23H19N5O3S2. The highest BCUT2D eigenvalue weighted by Gasteiger charge is 2.20. The first kappa shape index (κ1) is 21.4. The monoisotopic (exact) mass is 477 g/mol. The van der Waals surface area contributed by atoms with Crippen LogP contribution in [0, 0.1) is 0 Å². The van der Waals surface area contributed by atoms with E-state index in [9.17, 15) is 13.2 Å². The van der Waals surface area contributed by atoms with Gasteiger partial charge < -0.3 is 5.32 Å². The molecular weight excluding hydrogens is 458 g/mol. The standard InChI is InChI=1S/C23H19N5O3S2/c1-14(22(29)25-15-10-12-16(13-11-15)33(24,30)31)32-23-27-18-7-3-2-6-17(18)21-26-19-8-4-5-9-20(19)28(21)23/h2-14H,1H3,(H,25,29)(H2,24,30,31)/t14-/m0/s1. The molecule has 166 valence electrons. The van der Waals surface area contributed by atoms with Crippen LogP contribution in [0.25, 0.3) is 27.6 Å². The molecule has 2 aromatic heterocycles. The number of carbonyl (C=O) groups is 1. The Balaban J connectivity index is 1.48. The summed E-state index contributed by atoms with van der Waals surface area (Å²) in [6, 6.07) is 21.3. The first-order chi connectivity index (χ1) is 15.8. The van der Waals surface area contributed by atoms with Gasteiger partial charge in [0.05, 0.1) is 26.7 Å². The molecule has 0 aliphatic rings. The molecule has 5 rings (SSSR count). The summed E-state index contributed by atoms with van der Waals surface area (Å²) in [5, 5.41) is 9.04. The van der Waals surface area contributed by atoms with Crippen molar-refractivity contribution in [1.29, 1.82) is 0 Å². The maximum Gasteiger partial charge on any atom is 0.238 e. The Labute approximate surface area is 193 Å². The molecule has 0 radical (unpaired) electrons. The lowest BCUT2D eigenvalue weighted by atomic mass is 10.2. The lowest BCUT2D eigenvalue weighted by Crippen LogP contribution is -2.23. The summed E-state index contributed by atoms with van der Waals surface area (Å²) in [4.78, 5) is 22.5. The highest BCUT2D eigenvalue weighted by atomic mass is 32.2. The molecule has 0 saturated carbocycles. The van der Waals surface area contributed by atoms with E-state index in [1.54, 1.807) is 6.92 Å². The number of thioether (sulfide) groups is 1. The third kappa shape index (κ3) is 4.04. The predicted octanol–water partition coefficient (Wildman–Crippen LogP) is 3.80. The normalized spacial score (nSPS) is 12.9. The minimum absolute atomic E-state index is 0.0161. The number of aromatic nitrogens is 3. The molecule has 1 atom stereocenters. The van der Waals surface area contributed by atoms with Crippen LogP contribution in [-0.4, -0.2) is 33.9 Å². The van der Waals surface area contributed by atoms with Crippen LogP contribution in [0.2, 0.25) is 0 Å². The maximum atomic E-state index is 12.9. The van der Waals surface area contributed by atoms with E-state index >= 15 is 0 Å². The molecule has 10 heteroatoms. The molecule has 2 heterocycles. The van der Waals surface area contributed by atoms with Gasteiger partial charge in [-0.05, 0) is 55.5 Å². The number of carbonyl (C=O) groups excluding carboxylic acids is 1. The number of nitrogens with one attached hydrogen (secondary N) is 1. The number of fused-ring (bicyclic) bond motifs is 5. The maximum absolute atomic E-state index is 12.9. The zero-order valence-electron chi connectivity index (χ0n) is 17.5. The second-order valence-electron chi connectivity index (χ2n) is 7.49. The number of nitrogens with two attached hydrogens (primary N) is 1. The topological polar surface area (TPSA) is 119 Å². The molecule has 33 heavy (non-hydrogen) atoms. The molecule has 0 aliphatic carbocycles. The predicted molar refractivity (Wildman–Crippen MR) is 130 cm³/mol. The van der Waals surface area contributed by atoms with Crippen molar-refractivity contribution < 1.29 is 13.2 Å². The highest BCUT2D eigenvalue weighted by molar-refractivity contribution is 8.00. The molecule has 0 unspecified atom stereocenters. The molecule has 8 nitrogen and oxygen atoms in total. The number of hydrogen-bond acceptors (Lipinski definition) is 6. The van der Waals surface area contributed by atoms with Gasteiger partial charge in [0.1, 0.15) is 5.65 Å². The van der Waals surface area contributed by atoms with Gasteiger partial charge in [0, 0.05) is 11.1 Å². The van der Waals surface area contributed by atoms with Gasteiger partial charge in [-0.3, -0.25) is 9.20 Å². The van der Waals surface area contributed by atoms with Gasteiger partial charge in [-0.1, -0.05) is 36.0 Å². The van der Waals surface area contributed by atoms with Gasteiger partial charge in [0.2, 0.25) is 15.9 Å². The fourth-order valence-electron chi connectivity index (χ4n) is 3.58. The summed E-state index contributed by atoms with van der Waals surface area (Å²) in [6.45, 7) is 1.79. The summed E-state index contributed by atoms with van der Waals surface area (Å²) in [5.74, 6) is -0.240. The van der Waals surface area contributed by atoms with E-state index in [1.165, 1.54) is 36.0 Å². The lowest BCUT2D eigenvalue weighted by Gasteiger charge is -2.14. The van der Waals surface area contributed by atoms with Crippen LogP contribution >= 0.6 is 11.8 Å². The number of rotatable bonds is 5. The van der Waals surface area contributed by atoms with E-state index in [1.807, 2.05) is 52.9 Å². The first-order valence-electron chi connectivity index (χ1n) is 10.1. The van der Waals surface area contributed by atoms with Crippen LogP contribution in [0.4, 0.5) is 5.69 Å². The Hall–Kier alpha value is -3.47. The molecule has 3 N–H and O–H groups in total. The number of nitrogens with zero attached hydrogens (tertiary/aromatic N) is 3. The lowest BCUT2D eigenvalue weighted by molar-refractivity contribution is -0.115. The van der Waals surface area contributed by atoms with Gasteiger partial charge in [0.15, 0.2) is 5.16 Å². The number of imidazole rings is 1. The average molecular weight is 478 g/mol. The van der Waals surface area contributed by atoms with Crippen molar-refractivity contribution in [2.24, 2.45) is 5.14 Å². The molecule has 0 saturated heterocycles. The Morgan fingerprint density at radius 2 is 1.64 bits per heavy atom. The molecule has 3 aromatic carbocycles. The van der Waals surface area contributed by atoms with Gasteiger partial charge in [-0.25, -0.2) is 23.5 Å². The summed E-state index contributed by atoms with van der Waals surface area (Å²) in [5.41, 5.74) is 3.83. The average Bonchev–Trinajstić information content (AvgIpc) is 3.19. The van der Waals surface area contributed by atoms with E-state index in [0.717, 1.165) is 27.6 Å². The molecule has 0 fully saturated rings. The Morgan fingerprint density at radius 1 is 0.970 bits per heavy atom. The third-order valence-electron chi connectivity index (χ3n) is 5.21. The van der Waals surface area contributed by atoms with Crippen LogP contribution in [0.1, 0.15) is 6.92 Å². The molecule has 0 aliphatic heterocycles. The fraction of sp³-hybridized carbons (Fsp3) is 0.0870. The van der Waals surface area contributed by atoms with Crippen LogP contribution in [0.3, 0.4) is 0 Å². The largest absolute Gasteiger partial charge is 0.325 e. The Morgan fingerprint density at radius 3 is 2.36 bits per heavy atom. The minimum atomic E-state index is -3.79. The quantitative estimate of drug-likeness (QED) is 0.293. The first-order valence-corrected chi connectivity index (χ1v) is 12.5. The Bertz CT molecular complexity index is 1630. The van der Waals surface area contributed by atoms with Gasteiger partial charge in [-0.15, -0.1) is 0 Å². The number of benzene rings is 3. The number of sulfonamides is 1. The number of para-hydroxylation sites is 3. The van der Waals surface area contributed by atoms with Crippen molar-refractivity contribution >= 4 is 61.0 Å². The van der Waals surface area contributed by atoms with Crippen LogP contribution in [0.5, 0.6) is 0 Å². The molecule has 1 amide bonds. The van der Waals surface area contributed by atoms with Gasteiger partial charge in [-0.2, -0.15) is 0 Å². The van der Waals surface area contributed by atoms with Crippen molar-refractivity contribution in [3.05, 3.63) is 72.8 Å². The van der Waals surface area contributed by atoms with Crippen molar-refractivity contribution in [1.82, 2.24) is 14.4 Å². The van der Waals surface area contributed by atoms with E-state index in [0.29, 0.717) is 10.8 Å². The van der Waals surface area contributed by atoms with Gasteiger partial charge in [0.25, 0.3) is 0 Å². The number of amides is 1. The van der Waals surface area contributed by atoms with E-state index in [-0.39, 0.29) is 10.8 Å². The molecule has 5 aromatic rings. The van der Waals surface area contributed by atoms with Crippen molar-refractivity contribution in [2.75, 3.05) is 5.32 Å². The second-order valence-corrected chi connectivity index (χ2v) is 10.4. The summed E-state index contributed by atoms with van der Waals surface area (Å²) in [7, 11) is -3.79. The summed E-state index contributed by atoms with van der Waals surface area (Å²) in [6.07, 6.45) is 0. The van der Waals surface area contributed by atoms with E-state index in [4.69, 9.17) is 15.1 Å². The minimum Gasteiger partial charge on any atom is -0.325 e.